The first-order chi connectivity index (χ1) is 16.3. The Morgan fingerprint density at radius 3 is 2.24 bits per heavy atom. The Balaban J connectivity index is 1.56. The summed E-state index contributed by atoms with van der Waals surface area (Å²) in [6.45, 7) is 1.29. The highest BCUT2D eigenvalue weighted by Gasteiger charge is 2.51. The van der Waals surface area contributed by atoms with Crippen LogP contribution < -0.4 is 10.6 Å². The molecule has 0 bridgehead atoms. The first-order valence-corrected chi connectivity index (χ1v) is 11.2. The second kappa shape index (κ2) is 9.65. The zero-order valence-corrected chi connectivity index (χ0v) is 19.2. The maximum atomic E-state index is 13.4. The van der Waals surface area contributed by atoms with Crippen molar-refractivity contribution in [3.8, 4) is 0 Å². The largest absolute Gasteiger partial charge is 0.344 e. The topological polar surface area (TPSA) is 78.5 Å². The van der Waals surface area contributed by atoms with Crippen molar-refractivity contribution in [2.45, 2.75) is 24.9 Å². The molecule has 3 aromatic carbocycles. The quantitative estimate of drug-likeness (QED) is 0.488. The monoisotopic (exact) mass is 479 g/mol. The highest BCUT2D eigenvalue weighted by Crippen LogP contribution is 2.32. The van der Waals surface area contributed by atoms with Gasteiger partial charge in [-0.05, 0) is 47.4 Å². The Morgan fingerprint density at radius 2 is 1.62 bits per heavy atom. The average Bonchev–Trinajstić information content (AvgIpc) is 3.09. The summed E-state index contributed by atoms with van der Waals surface area (Å²) in [4.78, 5) is 40.0. The van der Waals surface area contributed by atoms with Gasteiger partial charge in [-0.3, -0.25) is 14.5 Å². The Hall–Kier alpha value is -3.71. The molecule has 1 fully saturated rings. The summed E-state index contributed by atoms with van der Waals surface area (Å²) in [5.74, 6) is -1.50. The third-order valence-electron chi connectivity index (χ3n) is 5.99. The van der Waals surface area contributed by atoms with Crippen LogP contribution in [0.4, 0.5) is 9.18 Å². The average molecular weight is 480 g/mol. The van der Waals surface area contributed by atoms with Gasteiger partial charge in [0.15, 0.2) is 0 Å². The second-order valence-corrected chi connectivity index (χ2v) is 8.49. The van der Waals surface area contributed by atoms with Crippen molar-refractivity contribution in [1.82, 2.24) is 15.5 Å². The van der Waals surface area contributed by atoms with Gasteiger partial charge in [0.2, 0.25) is 5.91 Å². The SMILES string of the molecule is CC[C@@]1(c2ccc(F)cc2)NC(=O)N(CC(=O)N[C@H](c2ccccc2)c2ccc(Cl)cc2)C1=O. The summed E-state index contributed by atoms with van der Waals surface area (Å²) in [6.07, 6.45) is 0.249. The molecule has 1 aliphatic heterocycles. The van der Waals surface area contributed by atoms with E-state index >= 15 is 0 Å². The molecule has 4 amide bonds. The number of nitrogens with zero attached hydrogens (tertiary/aromatic N) is 1. The van der Waals surface area contributed by atoms with Crippen LogP contribution >= 0.6 is 11.6 Å². The molecule has 0 radical (unpaired) electrons. The van der Waals surface area contributed by atoms with E-state index in [1.165, 1.54) is 24.3 Å². The highest BCUT2D eigenvalue weighted by molar-refractivity contribution is 6.30. The fourth-order valence-electron chi connectivity index (χ4n) is 4.15. The molecule has 8 heteroatoms. The number of hydrogen-bond acceptors (Lipinski definition) is 3. The van der Waals surface area contributed by atoms with E-state index in [1.807, 2.05) is 42.5 Å². The molecule has 2 atom stereocenters. The lowest BCUT2D eigenvalue weighted by atomic mass is 9.87. The molecule has 0 aromatic heterocycles. The van der Waals surface area contributed by atoms with Crippen LogP contribution in [0.1, 0.15) is 36.1 Å². The zero-order chi connectivity index (χ0) is 24.3. The van der Waals surface area contributed by atoms with Crippen molar-refractivity contribution in [3.05, 3.63) is 106 Å². The number of imide groups is 1. The van der Waals surface area contributed by atoms with Crippen molar-refractivity contribution >= 4 is 29.4 Å². The summed E-state index contributed by atoms with van der Waals surface area (Å²) in [5, 5.41) is 6.19. The van der Waals surface area contributed by atoms with Crippen LogP contribution in [0.3, 0.4) is 0 Å². The number of amides is 4. The van der Waals surface area contributed by atoms with Gasteiger partial charge in [-0.2, -0.15) is 0 Å². The predicted octanol–water partition coefficient (Wildman–Crippen LogP) is 4.54. The van der Waals surface area contributed by atoms with Gasteiger partial charge in [-0.25, -0.2) is 9.18 Å². The normalized spacial score (nSPS) is 18.5. The van der Waals surface area contributed by atoms with Crippen LogP contribution in [0.5, 0.6) is 0 Å². The summed E-state index contributed by atoms with van der Waals surface area (Å²) in [7, 11) is 0. The third-order valence-corrected chi connectivity index (χ3v) is 6.24. The molecule has 3 aromatic rings. The maximum Gasteiger partial charge on any atom is 0.325 e. The number of hydrogen-bond donors (Lipinski definition) is 2. The molecular formula is C26H23ClFN3O3. The van der Waals surface area contributed by atoms with Crippen molar-refractivity contribution < 1.29 is 18.8 Å². The van der Waals surface area contributed by atoms with Gasteiger partial charge in [0, 0.05) is 5.02 Å². The smallest absolute Gasteiger partial charge is 0.325 e. The van der Waals surface area contributed by atoms with Crippen LogP contribution in [0.15, 0.2) is 78.9 Å². The molecule has 0 saturated carbocycles. The number of nitrogens with one attached hydrogen (secondary N) is 2. The van der Waals surface area contributed by atoms with Gasteiger partial charge in [0.1, 0.15) is 17.9 Å². The van der Waals surface area contributed by atoms with Gasteiger partial charge in [0.25, 0.3) is 5.91 Å². The van der Waals surface area contributed by atoms with Crippen molar-refractivity contribution in [3.63, 3.8) is 0 Å². The highest BCUT2D eigenvalue weighted by atomic mass is 35.5. The van der Waals surface area contributed by atoms with Crippen molar-refractivity contribution in [2.75, 3.05) is 6.54 Å². The minimum Gasteiger partial charge on any atom is -0.344 e. The van der Waals surface area contributed by atoms with Gasteiger partial charge in [-0.1, -0.05) is 73.1 Å². The molecule has 0 unspecified atom stereocenters. The third kappa shape index (κ3) is 4.52. The minimum absolute atomic E-state index is 0.249. The van der Waals surface area contributed by atoms with Gasteiger partial charge in [0.05, 0.1) is 6.04 Å². The van der Waals surface area contributed by atoms with Crippen molar-refractivity contribution in [2.24, 2.45) is 0 Å². The Kier molecular flexibility index (Phi) is 6.65. The van der Waals surface area contributed by atoms with Crippen LogP contribution in [-0.4, -0.2) is 29.3 Å². The van der Waals surface area contributed by atoms with E-state index in [4.69, 9.17) is 11.6 Å². The molecule has 174 valence electrons. The lowest BCUT2D eigenvalue weighted by molar-refractivity contribution is -0.135. The lowest BCUT2D eigenvalue weighted by Crippen LogP contribution is -2.45. The first kappa shape index (κ1) is 23.4. The van der Waals surface area contributed by atoms with Crippen LogP contribution in [0.2, 0.25) is 5.02 Å². The van der Waals surface area contributed by atoms with E-state index in [1.54, 1.807) is 19.1 Å². The summed E-state index contributed by atoms with van der Waals surface area (Å²) in [5.41, 5.74) is 0.751. The van der Waals surface area contributed by atoms with Crippen LogP contribution in [0, 0.1) is 5.82 Å². The number of carbonyl (C=O) groups is 3. The molecule has 0 spiro atoms. The molecule has 34 heavy (non-hydrogen) atoms. The summed E-state index contributed by atoms with van der Waals surface area (Å²) in [6, 6.07) is 20.7. The molecule has 1 aliphatic rings. The fraction of sp³-hybridized carbons (Fsp3) is 0.192. The predicted molar refractivity (Wildman–Crippen MR) is 126 cm³/mol. The number of benzene rings is 3. The van der Waals surface area contributed by atoms with Gasteiger partial charge in [-0.15, -0.1) is 0 Å². The Labute approximate surface area is 201 Å². The van der Waals surface area contributed by atoms with E-state index in [0.29, 0.717) is 10.6 Å². The van der Waals surface area contributed by atoms with Crippen LogP contribution in [0.25, 0.3) is 0 Å². The van der Waals surface area contributed by atoms with E-state index in [9.17, 15) is 18.8 Å². The number of urea groups is 1. The fourth-order valence-corrected chi connectivity index (χ4v) is 4.28. The molecular weight excluding hydrogens is 457 g/mol. The molecule has 6 nitrogen and oxygen atoms in total. The van der Waals surface area contributed by atoms with Crippen molar-refractivity contribution in [1.29, 1.82) is 0 Å². The molecule has 0 aliphatic carbocycles. The second-order valence-electron chi connectivity index (χ2n) is 8.05. The van der Waals surface area contributed by atoms with E-state index in [2.05, 4.69) is 10.6 Å². The Morgan fingerprint density at radius 1 is 1.00 bits per heavy atom. The van der Waals surface area contributed by atoms with Gasteiger partial charge >= 0.3 is 6.03 Å². The van der Waals surface area contributed by atoms with Gasteiger partial charge < -0.3 is 10.6 Å². The number of halogens is 2. The molecule has 1 heterocycles. The number of carbonyl (C=O) groups excluding carboxylic acids is 3. The zero-order valence-electron chi connectivity index (χ0n) is 18.4. The maximum absolute atomic E-state index is 13.4. The first-order valence-electron chi connectivity index (χ1n) is 10.8. The molecule has 4 rings (SSSR count). The summed E-state index contributed by atoms with van der Waals surface area (Å²) < 4.78 is 13.4. The molecule has 1 saturated heterocycles. The standard InChI is InChI=1S/C26H23ClFN3O3/c1-2-26(19-10-14-21(28)15-11-19)24(33)31(25(34)30-26)16-22(32)29-23(17-6-4-3-5-7-17)18-8-12-20(27)13-9-18/h3-15,23H,2,16H2,1H3,(H,29,32)(H,30,34)/t23-,26+/m1/s1. The lowest BCUT2D eigenvalue weighted by Gasteiger charge is -2.26. The van der Waals surface area contributed by atoms with E-state index in [0.717, 1.165) is 16.0 Å². The molecule has 2 N–H and O–H groups in total. The van der Waals surface area contributed by atoms with Crippen LogP contribution in [-0.2, 0) is 15.1 Å². The van der Waals surface area contributed by atoms with E-state index in [-0.39, 0.29) is 6.42 Å². The number of rotatable bonds is 7. The Bertz CT molecular complexity index is 1200. The minimum atomic E-state index is -1.35. The van der Waals surface area contributed by atoms with E-state index < -0.39 is 41.8 Å². The summed E-state index contributed by atoms with van der Waals surface area (Å²) >= 11 is 6.02.